The molecule has 0 saturated carbocycles. The van der Waals surface area contributed by atoms with E-state index in [1.165, 1.54) is 12.1 Å². The highest BCUT2D eigenvalue weighted by atomic mass is 19.4. The predicted molar refractivity (Wildman–Crippen MR) is 74.1 cm³/mol. The first kappa shape index (κ1) is 15.6. The fraction of sp³-hybridized carbons (Fsp3) is 0.500. The molecule has 1 aromatic rings. The number of amides is 2. The number of anilines is 1. The van der Waals surface area contributed by atoms with Crippen LogP contribution in [-0.4, -0.2) is 25.2 Å². The van der Waals surface area contributed by atoms with Crippen LogP contribution >= 0.6 is 0 Å². The van der Waals surface area contributed by atoms with Gasteiger partial charge < -0.3 is 16.0 Å². The molecule has 0 aromatic heterocycles. The molecule has 21 heavy (non-hydrogen) atoms. The second-order valence-corrected chi connectivity index (χ2v) is 5.04. The Balaban J connectivity index is 1.74. The molecule has 3 N–H and O–H groups in total. The van der Waals surface area contributed by atoms with Gasteiger partial charge in [0.1, 0.15) is 0 Å². The largest absolute Gasteiger partial charge is 0.416 e. The molecule has 1 unspecified atom stereocenters. The summed E-state index contributed by atoms with van der Waals surface area (Å²) < 4.78 is 37.2. The highest BCUT2D eigenvalue weighted by molar-refractivity contribution is 5.89. The fourth-order valence-corrected chi connectivity index (χ4v) is 2.28. The maximum absolute atomic E-state index is 12.4. The zero-order valence-corrected chi connectivity index (χ0v) is 11.5. The molecule has 1 aliphatic heterocycles. The molecule has 0 aliphatic carbocycles. The van der Waals surface area contributed by atoms with Crippen LogP contribution in [0, 0.1) is 0 Å². The predicted octanol–water partition coefficient (Wildman–Crippen LogP) is 2.97. The van der Waals surface area contributed by atoms with E-state index in [0.717, 1.165) is 37.9 Å². The summed E-state index contributed by atoms with van der Waals surface area (Å²) in [6, 6.07) is 4.39. The van der Waals surface area contributed by atoms with Gasteiger partial charge in [-0.15, -0.1) is 0 Å². The number of alkyl halides is 3. The summed E-state index contributed by atoms with van der Waals surface area (Å²) in [6.45, 7) is 1.55. The molecular formula is C14H18F3N3O. The van der Waals surface area contributed by atoms with Crippen molar-refractivity contribution in [3.8, 4) is 0 Å². The van der Waals surface area contributed by atoms with E-state index in [0.29, 0.717) is 18.3 Å². The summed E-state index contributed by atoms with van der Waals surface area (Å²) in [4.78, 5) is 11.6. The van der Waals surface area contributed by atoms with Gasteiger partial charge in [-0.25, -0.2) is 4.79 Å². The maximum atomic E-state index is 12.4. The smallest absolute Gasteiger partial charge is 0.338 e. The first-order valence-electron chi connectivity index (χ1n) is 6.90. The maximum Gasteiger partial charge on any atom is 0.416 e. The molecule has 1 aliphatic rings. The molecule has 1 saturated heterocycles. The average molecular weight is 301 g/mol. The third-order valence-corrected chi connectivity index (χ3v) is 3.41. The lowest BCUT2D eigenvalue weighted by molar-refractivity contribution is -0.137. The lowest BCUT2D eigenvalue weighted by Gasteiger charge is -2.12. The number of urea groups is 1. The second-order valence-electron chi connectivity index (χ2n) is 5.04. The fourth-order valence-electron chi connectivity index (χ4n) is 2.28. The van der Waals surface area contributed by atoms with Gasteiger partial charge in [0.25, 0.3) is 0 Å². The van der Waals surface area contributed by atoms with Crippen molar-refractivity contribution in [2.45, 2.75) is 31.5 Å². The van der Waals surface area contributed by atoms with E-state index in [4.69, 9.17) is 0 Å². The van der Waals surface area contributed by atoms with Crippen molar-refractivity contribution in [1.29, 1.82) is 0 Å². The number of hydrogen-bond donors (Lipinski definition) is 3. The number of halogens is 3. The number of carbonyl (C=O) groups is 1. The number of hydrogen-bond acceptors (Lipinski definition) is 2. The number of benzene rings is 1. The minimum atomic E-state index is -4.37. The Morgan fingerprint density at radius 1 is 1.29 bits per heavy atom. The van der Waals surface area contributed by atoms with Gasteiger partial charge in [0.15, 0.2) is 0 Å². The first-order chi connectivity index (χ1) is 9.95. The van der Waals surface area contributed by atoms with Crippen molar-refractivity contribution >= 4 is 11.7 Å². The molecule has 2 rings (SSSR count). The lowest BCUT2D eigenvalue weighted by Crippen LogP contribution is -2.33. The zero-order valence-electron chi connectivity index (χ0n) is 11.5. The monoisotopic (exact) mass is 301 g/mol. The third-order valence-electron chi connectivity index (χ3n) is 3.41. The Hall–Kier alpha value is -1.76. The van der Waals surface area contributed by atoms with Gasteiger partial charge in [0.05, 0.1) is 5.56 Å². The number of rotatable bonds is 4. The molecule has 0 radical (unpaired) electrons. The normalized spacial score (nSPS) is 18.5. The average Bonchev–Trinajstić information content (AvgIpc) is 2.91. The van der Waals surface area contributed by atoms with Crippen LogP contribution in [0.15, 0.2) is 24.3 Å². The van der Waals surface area contributed by atoms with Crippen LogP contribution < -0.4 is 16.0 Å². The molecule has 2 amide bonds. The highest BCUT2D eigenvalue weighted by Gasteiger charge is 2.29. The van der Waals surface area contributed by atoms with Crippen LogP contribution in [0.2, 0.25) is 0 Å². The standard InChI is InChI=1S/C14H18F3N3O/c15-14(16,17)10-3-5-12(6-4-10)20-13(21)19-9-7-11-2-1-8-18-11/h3-6,11,18H,1-2,7-9H2,(H2,19,20,21). The Morgan fingerprint density at radius 2 is 2.00 bits per heavy atom. The lowest BCUT2D eigenvalue weighted by atomic mass is 10.1. The second kappa shape index (κ2) is 6.80. The van der Waals surface area contributed by atoms with Gasteiger partial charge in [0, 0.05) is 18.3 Å². The summed E-state index contributed by atoms with van der Waals surface area (Å²) >= 11 is 0. The van der Waals surface area contributed by atoms with Gasteiger partial charge in [-0.2, -0.15) is 13.2 Å². The van der Waals surface area contributed by atoms with Crippen LogP contribution in [0.1, 0.15) is 24.8 Å². The Bertz CT molecular complexity index is 467. The van der Waals surface area contributed by atoms with Crippen LogP contribution in [-0.2, 0) is 6.18 Å². The highest BCUT2D eigenvalue weighted by Crippen LogP contribution is 2.29. The van der Waals surface area contributed by atoms with E-state index < -0.39 is 17.8 Å². The SMILES string of the molecule is O=C(NCCC1CCCN1)Nc1ccc(C(F)(F)F)cc1. The number of carbonyl (C=O) groups excluding carboxylic acids is 1. The van der Waals surface area contributed by atoms with E-state index >= 15 is 0 Å². The van der Waals surface area contributed by atoms with E-state index in [1.54, 1.807) is 0 Å². The van der Waals surface area contributed by atoms with Crippen LogP contribution in [0.3, 0.4) is 0 Å². The molecule has 0 spiro atoms. The van der Waals surface area contributed by atoms with Gasteiger partial charge >= 0.3 is 12.2 Å². The Morgan fingerprint density at radius 3 is 2.57 bits per heavy atom. The molecule has 0 bridgehead atoms. The van der Waals surface area contributed by atoms with Crippen molar-refractivity contribution in [3.63, 3.8) is 0 Å². The molecule has 7 heteroatoms. The molecule has 1 aromatic carbocycles. The van der Waals surface area contributed by atoms with Crippen molar-refractivity contribution in [3.05, 3.63) is 29.8 Å². The van der Waals surface area contributed by atoms with Gasteiger partial charge in [-0.3, -0.25) is 0 Å². The summed E-state index contributed by atoms with van der Waals surface area (Å²) in [6.07, 6.45) is -1.25. The van der Waals surface area contributed by atoms with E-state index in [1.807, 2.05) is 0 Å². The number of nitrogens with one attached hydrogen (secondary N) is 3. The Labute approximate surface area is 121 Å². The molecular weight excluding hydrogens is 283 g/mol. The molecule has 4 nitrogen and oxygen atoms in total. The topological polar surface area (TPSA) is 53.2 Å². The molecule has 1 heterocycles. The van der Waals surface area contributed by atoms with Crippen molar-refractivity contribution < 1.29 is 18.0 Å². The Kier molecular flexibility index (Phi) is 5.06. The van der Waals surface area contributed by atoms with Gasteiger partial charge in [-0.1, -0.05) is 0 Å². The van der Waals surface area contributed by atoms with Crippen LogP contribution in [0.25, 0.3) is 0 Å². The van der Waals surface area contributed by atoms with Gasteiger partial charge in [0.2, 0.25) is 0 Å². The van der Waals surface area contributed by atoms with Crippen molar-refractivity contribution in [1.82, 2.24) is 10.6 Å². The van der Waals surface area contributed by atoms with Crippen molar-refractivity contribution in [2.75, 3.05) is 18.4 Å². The summed E-state index contributed by atoms with van der Waals surface area (Å²) in [7, 11) is 0. The minimum Gasteiger partial charge on any atom is -0.338 e. The van der Waals surface area contributed by atoms with E-state index in [9.17, 15) is 18.0 Å². The minimum absolute atomic E-state index is 0.333. The van der Waals surface area contributed by atoms with Crippen LogP contribution in [0.5, 0.6) is 0 Å². The van der Waals surface area contributed by atoms with E-state index in [2.05, 4.69) is 16.0 Å². The summed E-state index contributed by atoms with van der Waals surface area (Å²) in [5.41, 5.74) is -0.403. The summed E-state index contributed by atoms with van der Waals surface area (Å²) in [5, 5.41) is 8.52. The summed E-state index contributed by atoms with van der Waals surface area (Å²) in [5.74, 6) is 0. The first-order valence-corrected chi connectivity index (χ1v) is 6.90. The molecule has 1 fully saturated rings. The van der Waals surface area contributed by atoms with Crippen molar-refractivity contribution in [2.24, 2.45) is 0 Å². The van der Waals surface area contributed by atoms with Gasteiger partial charge in [-0.05, 0) is 50.1 Å². The molecule has 1 atom stereocenters. The zero-order chi connectivity index (χ0) is 15.3. The van der Waals surface area contributed by atoms with E-state index in [-0.39, 0.29) is 0 Å². The molecule has 116 valence electrons. The third kappa shape index (κ3) is 4.93. The quantitative estimate of drug-likeness (QED) is 0.801. The van der Waals surface area contributed by atoms with Crippen LogP contribution in [0.4, 0.5) is 23.7 Å².